The van der Waals surface area contributed by atoms with Crippen molar-refractivity contribution in [1.82, 2.24) is 5.32 Å². The van der Waals surface area contributed by atoms with Crippen LogP contribution in [0.3, 0.4) is 0 Å². The van der Waals surface area contributed by atoms with Crippen molar-refractivity contribution in [3.8, 4) is 0 Å². The highest BCUT2D eigenvalue weighted by atomic mass is 16.4. The average Bonchev–Trinajstić information content (AvgIpc) is 2.36. The Kier molecular flexibility index (Phi) is 6.37. The maximum Gasteiger partial charge on any atom is 0.326 e. The van der Waals surface area contributed by atoms with Gasteiger partial charge in [0.2, 0.25) is 5.91 Å². The SMILES string of the molecule is CC(=O)Nc1cccc(NC(=O)NC(CC(C)C)C(=O)O)c1. The zero-order chi connectivity index (χ0) is 16.7. The van der Waals surface area contributed by atoms with E-state index in [4.69, 9.17) is 5.11 Å². The van der Waals surface area contributed by atoms with Crippen molar-refractivity contribution in [1.29, 1.82) is 0 Å². The summed E-state index contributed by atoms with van der Waals surface area (Å²) in [5, 5.41) is 16.7. The molecule has 0 saturated carbocycles. The number of hydrogen-bond acceptors (Lipinski definition) is 3. The number of aliphatic carboxylic acids is 1. The number of carbonyl (C=O) groups is 3. The molecule has 1 rings (SSSR count). The van der Waals surface area contributed by atoms with E-state index in [0.717, 1.165) is 0 Å². The number of carboxylic acids is 1. The molecule has 0 aliphatic carbocycles. The van der Waals surface area contributed by atoms with Crippen LogP contribution in [0.15, 0.2) is 24.3 Å². The summed E-state index contributed by atoms with van der Waals surface area (Å²) in [5.41, 5.74) is 1.000. The number of urea groups is 1. The molecule has 4 N–H and O–H groups in total. The van der Waals surface area contributed by atoms with E-state index >= 15 is 0 Å². The summed E-state index contributed by atoms with van der Waals surface area (Å²) in [6, 6.07) is 5.03. The normalized spacial score (nSPS) is 11.6. The summed E-state index contributed by atoms with van der Waals surface area (Å²) >= 11 is 0. The second kappa shape index (κ2) is 8.02. The van der Waals surface area contributed by atoms with Gasteiger partial charge in [-0.25, -0.2) is 9.59 Å². The number of carboxylic acid groups (broad SMARTS) is 1. The summed E-state index contributed by atoms with van der Waals surface area (Å²) in [7, 11) is 0. The molecule has 1 atom stereocenters. The number of rotatable bonds is 6. The van der Waals surface area contributed by atoms with Crippen molar-refractivity contribution >= 4 is 29.3 Å². The molecule has 3 amide bonds. The fourth-order valence-electron chi connectivity index (χ4n) is 1.90. The van der Waals surface area contributed by atoms with Gasteiger partial charge in [0.1, 0.15) is 6.04 Å². The molecule has 1 unspecified atom stereocenters. The van der Waals surface area contributed by atoms with E-state index in [0.29, 0.717) is 17.8 Å². The maximum absolute atomic E-state index is 11.9. The van der Waals surface area contributed by atoms with Crippen molar-refractivity contribution in [2.24, 2.45) is 5.92 Å². The van der Waals surface area contributed by atoms with Gasteiger partial charge < -0.3 is 21.1 Å². The molecule has 1 aromatic rings. The fraction of sp³-hybridized carbons (Fsp3) is 0.400. The first kappa shape index (κ1) is 17.5. The van der Waals surface area contributed by atoms with Crippen LogP contribution in [0.2, 0.25) is 0 Å². The quantitative estimate of drug-likeness (QED) is 0.646. The van der Waals surface area contributed by atoms with Gasteiger partial charge in [-0.1, -0.05) is 19.9 Å². The largest absolute Gasteiger partial charge is 0.480 e. The minimum absolute atomic E-state index is 0.143. The molecule has 22 heavy (non-hydrogen) atoms. The van der Waals surface area contributed by atoms with E-state index in [1.54, 1.807) is 24.3 Å². The Morgan fingerprint density at radius 3 is 2.23 bits per heavy atom. The lowest BCUT2D eigenvalue weighted by atomic mass is 10.0. The molecule has 0 heterocycles. The Morgan fingerprint density at radius 2 is 1.73 bits per heavy atom. The topological polar surface area (TPSA) is 108 Å². The van der Waals surface area contributed by atoms with E-state index in [9.17, 15) is 14.4 Å². The molecule has 0 aliphatic rings. The summed E-state index contributed by atoms with van der Waals surface area (Å²) in [6.45, 7) is 5.15. The Labute approximate surface area is 129 Å². The van der Waals surface area contributed by atoms with Crippen molar-refractivity contribution in [3.63, 3.8) is 0 Å². The van der Waals surface area contributed by atoms with Crippen LogP contribution in [0.1, 0.15) is 27.2 Å². The first-order valence-corrected chi connectivity index (χ1v) is 6.96. The third-order valence-corrected chi connectivity index (χ3v) is 2.75. The second-order valence-electron chi connectivity index (χ2n) is 5.38. The highest BCUT2D eigenvalue weighted by molar-refractivity contribution is 5.94. The van der Waals surface area contributed by atoms with Crippen LogP contribution in [0.5, 0.6) is 0 Å². The van der Waals surface area contributed by atoms with Gasteiger partial charge in [0.05, 0.1) is 0 Å². The first-order chi connectivity index (χ1) is 10.3. The van der Waals surface area contributed by atoms with Crippen LogP contribution >= 0.6 is 0 Å². The van der Waals surface area contributed by atoms with E-state index in [1.807, 2.05) is 13.8 Å². The summed E-state index contributed by atoms with van der Waals surface area (Å²) < 4.78 is 0. The molecule has 120 valence electrons. The van der Waals surface area contributed by atoms with Crippen LogP contribution in [-0.4, -0.2) is 29.1 Å². The fourth-order valence-corrected chi connectivity index (χ4v) is 1.90. The molecule has 1 aromatic carbocycles. The maximum atomic E-state index is 11.9. The molecule has 7 nitrogen and oxygen atoms in total. The lowest BCUT2D eigenvalue weighted by molar-refractivity contribution is -0.139. The van der Waals surface area contributed by atoms with Crippen molar-refractivity contribution in [2.45, 2.75) is 33.2 Å². The lowest BCUT2D eigenvalue weighted by Crippen LogP contribution is -2.43. The minimum atomic E-state index is -1.07. The third kappa shape index (κ3) is 6.25. The first-order valence-electron chi connectivity index (χ1n) is 6.96. The van der Waals surface area contributed by atoms with Crippen molar-refractivity contribution < 1.29 is 19.5 Å². The molecule has 0 spiro atoms. The van der Waals surface area contributed by atoms with Gasteiger partial charge in [0, 0.05) is 18.3 Å². The predicted molar refractivity (Wildman–Crippen MR) is 83.8 cm³/mol. The number of anilines is 2. The van der Waals surface area contributed by atoms with Crippen LogP contribution in [0.25, 0.3) is 0 Å². The standard InChI is InChI=1S/C15H21N3O4/c1-9(2)7-13(14(20)21)18-15(22)17-12-6-4-5-11(8-12)16-10(3)19/h4-6,8-9,13H,7H2,1-3H3,(H,16,19)(H,20,21)(H2,17,18,22). The number of hydrogen-bond donors (Lipinski definition) is 4. The molecular formula is C15H21N3O4. The molecule has 0 fully saturated rings. The van der Waals surface area contributed by atoms with E-state index in [2.05, 4.69) is 16.0 Å². The second-order valence-corrected chi connectivity index (χ2v) is 5.38. The average molecular weight is 307 g/mol. The highest BCUT2D eigenvalue weighted by Gasteiger charge is 2.21. The van der Waals surface area contributed by atoms with Crippen LogP contribution in [0, 0.1) is 5.92 Å². The number of benzene rings is 1. The van der Waals surface area contributed by atoms with Crippen molar-refractivity contribution in [3.05, 3.63) is 24.3 Å². The van der Waals surface area contributed by atoms with Crippen LogP contribution in [-0.2, 0) is 9.59 Å². The summed E-state index contributed by atoms with van der Waals surface area (Å²) in [4.78, 5) is 34.0. The monoisotopic (exact) mass is 307 g/mol. The van der Waals surface area contributed by atoms with Gasteiger partial charge in [0.25, 0.3) is 0 Å². The Bertz CT molecular complexity index is 557. The smallest absolute Gasteiger partial charge is 0.326 e. The van der Waals surface area contributed by atoms with Gasteiger partial charge in [-0.2, -0.15) is 0 Å². The molecule has 7 heteroatoms. The van der Waals surface area contributed by atoms with Crippen molar-refractivity contribution in [2.75, 3.05) is 10.6 Å². The number of amides is 3. The van der Waals surface area contributed by atoms with Gasteiger partial charge >= 0.3 is 12.0 Å². The third-order valence-electron chi connectivity index (χ3n) is 2.75. The zero-order valence-corrected chi connectivity index (χ0v) is 12.8. The summed E-state index contributed by atoms with van der Waals surface area (Å²) in [6.07, 6.45) is 0.342. The number of carbonyl (C=O) groups excluding carboxylic acids is 2. The van der Waals surface area contributed by atoms with Gasteiger partial charge in [-0.15, -0.1) is 0 Å². The minimum Gasteiger partial charge on any atom is -0.480 e. The molecular weight excluding hydrogens is 286 g/mol. The van der Waals surface area contributed by atoms with Crippen LogP contribution < -0.4 is 16.0 Å². The van der Waals surface area contributed by atoms with E-state index in [-0.39, 0.29) is 11.8 Å². The Balaban J connectivity index is 2.67. The van der Waals surface area contributed by atoms with Gasteiger partial charge in [-0.05, 0) is 30.5 Å². The molecule has 0 radical (unpaired) electrons. The molecule has 0 saturated heterocycles. The van der Waals surface area contributed by atoms with Crippen LogP contribution in [0.4, 0.5) is 16.2 Å². The molecule has 0 bridgehead atoms. The predicted octanol–water partition coefficient (Wildman–Crippen LogP) is 2.27. The lowest BCUT2D eigenvalue weighted by Gasteiger charge is -2.17. The summed E-state index contributed by atoms with van der Waals surface area (Å²) in [5.74, 6) is -1.15. The van der Waals surface area contributed by atoms with Gasteiger partial charge in [-0.3, -0.25) is 4.79 Å². The molecule has 0 aromatic heterocycles. The Morgan fingerprint density at radius 1 is 1.14 bits per heavy atom. The van der Waals surface area contributed by atoms with E-state index < -0.39 is 18.0 Å². The number of nitrogens with one attached hydrogen (secondary N) is 3. The Hall–Kier alpha value is -2.57. The highest BCUT2D eigenvalue weighted by Crippen LogP contribution is 2.15. The zero-order valence-electron chi connectivity index (χ0n) is 12.8. The van der Waals surface area contributed by atoms with Gasteiger partial charge in [0.15, 0.2) is 0 Å². The molecule has 0 aliphatic heterocycles. The van der Waals surface area contributed by atoms with E-state index in [1.165, 1.54) is 6.92 Å².